The van der Waals surface area contributed by atoms with Crippen LogP contribution in [0, 0.1) is 19.8 Å². The number of hydrogen-bond acceptors (Lipinski definition) is 4. The molecule has 130 valence electrons. The van der Waals surface area contributed by atoms with E-state index in [9.17, 15) is 0 Å². The second-order valence-corrected chi connectivity index (χ2v) is 8.17. The number of hydrogen-bond donors (Lipinski definition) is 1. The van der Waals surface area contributed by atoms with Crippen LogP contribution >= 0.6 is 11.3 Å². The highest BCUT2D eigenvalue weighted by Gasteiger charge is 2.18. The van der Waals surface area contributed by atoms with Gasteiger partial charge in [0.25, 0.3) is 0 Å². The zero-order chi connectivity index (χ0) is 17.1. The van der Waals surface area contributed by atoms with Gasteiger partial charge in [-0.15, -0.1) is 11.3 Å². The molecule has 1 N–H and O–H groups in total. The van der Waals surface area contributed by atoms with Gasteiger partial charge >= 0.3 is 0 Å². The Morgan fingerprint density at radius 1 is 1.25 bits per heavy atom. The lowest BCUT2D eigenvalue weighted by Crippen LogP contribution is -2.43. The number of rotatable bonds is 4. The predicted octanol–water partition coefficient (Wildman–Crippen LogP) is 3.86. The summed E-state index contributed by atoms with van der Waals surface area (Å²) >= 11 is 1.82. The normalized spacial score (nSPS) is 22.7. The summed E-state index contributed by atoms with van der Waals surface area (Å²) in [5.41, 5.74) is 3.63. The van der Waals surface area contributed by atoms with Crippen LogP contribution in [0.25, 0.3) is 0 Å². The molecule has 1 atom stereocenters. The second-order valence-electron chi connectivity index (χ2n) is 6.92. The van der Waals surface area contributed by atoms with E-state index in [-0.39, 0.29) is 0 Å². The van der Waals surface area contributed by atoms with Gasteiger partial charge in [-0.2, -0.15) is 0 Å². The third kappa shape index (κ3) is 4.08. The van der Waals surface area contributed by atoms with Gasteiger partial charge in [0.05, 0.1) is 17.0 Å². The molecule has 1 saturated heterocycles. The number of nitrogens with zero attached hydrogens (tertiary/aromatic N) is 3. The fourth-order valence-electron chi connectivity index (χ4n) is 3.11. The van der Waals surface area contributed by atoms with Crippen molar-refractivity contribution >= 4 is 22.7 Å². The lowest BCUT2D eigenvalue weighted by molar-refractivity contribution is 0.219. The molecule has 1 aromatic heterocycles. The summed E-state index contributed by atoms with van der Waals surface area (Å²) in [5, 5.41) is 4.92. The number of aryl methyl sites for hydroxylation is 2. The van der Waals surface area contributed by atoms with Crippen molar-refractivity contribution in [1.82, 2.24) is 9.80 Å². The molecule has 1 aliphatic heterocycles. The predicted molar refractivity (Wildman–Crippen MR) is 105 cm³/mol. The fourth-order valence-corrected chi connectivity index (χ4v) is 4.05. The van der Waals surface area contributed by atoms with E-state index in [0.717, 1.165) is 38.3 Å². The van der Waals surface area contributed by atoms with Gasteiger partial charge in [0, 0.05) is 42.7 Å². The zero-order valence-corrected chi connectivity index (χ0v) is 16.0. The molecule has 0 amide bonds. The number of thiophene rings is 1. The van der Waals surface area contributed by atoms with Crippen LogP contribution < -0.4 is 5.32 Å². The van der Waals surface area contributed by atoms with Gasteiger partial charge in [-0.05, 0) is 45.0 Å². The van der Waals surface area contributed by atoms with E-state index in [2.05, 4.69) is 61.2 Å². The molecule has 0 spiro atoms. The molecule has 24 heavy (non-hydrogen) atoms. The average Bonchev–Trinajstić information content (AvgIpc) is 2.87. The molecule has 1 aromatic rings. The van der Waals surface area contributed by atoms with Crippen LogP contribution in [-0.2, 0) is 0 Å². The van der Waals surface area contributed by atoms with Crippen LogP contribution in [0.4, 0.5) is 5.00 Å². The topological polar surface area (TPSA) is 30.9 Å². The summed E-state index contributed by atoms with van der Waals surface area (Å²) in [5.74, 6) is 0.469. The van der Waals surface area contributed by atoms with Gasteiger partial charge < -0.3 is 15.1 Å². The molecule has 1 aliphatic carbocycles. The zero-order valence-electron chi connectivity index (χ0n) is 15.2. The third-order valence-corrected chi connectivity index (χ3v) is 5.79. The molecule has 2 aliphatic rings. The Labute approximate surface area is 149 Å². The molecule has 0 aromatic carbocycles. The Morgan fingerprint density at radius 3 is 2.67 bits per heavy atom. The van der Waals surface area contributed by atoms with Gasteiger partial charge in [-0.1, -0.05) is 13.0 Å². The van der Waals surface area contributed by atoms with Crippen molar-refractivity contribution in [3.8, 4) is 0 Å². The monoisotopic (exact) mass is 344 g/mol. The van der Waals surface area contributed by atoms with Crippen molar-refractivity contribution in [1.29, 1.82) is 0 Å². The Bertz CT molecular complexity index is 663. The average molecular weight is 345 g/mol. The van der Waals surface area contributed by atoms with Crippen LogP contribution in [-0.4, -0.2) is 49.4 Å². The first-order chi connectivity index (χ1) is 11.5. The summed E-state index contributed by atoms with van der Waals surface area (Å²) in [7, 11) is 2.18. The number of anilines is 1. The van der Waals surface area contributed by atoms with E-state index in [4.69, 9.17) is 4.99 Å². The van der Waals surface area contributed by atoms with E-state index < -0.39 is 0 Å². The molecule has 0 radical (unpaired) electrons. The van der Waals surface area contributed by atoms with Crippen LogP contribution in [0.3, 0.4) is 0 Å². The van der Waals surface area contributed by atoms with Crippen LogP contribution in [0.1, 0.15) is 23.8 Å². The van der Waals surface area contributed by atoms with Crippen molar-refractivity contribution in [3.63, 3.8) is 0 Å². The van der Waals surface area contributed by atoms with Crippen LogP contribution in [0.5, 0.6) is 0 Å². The third-order valence-electron chi connectivity index (χ3n) is 4.72. The number of allylic oxidation sites excluding steroid dienone is 3. The van der Waals surface area contributed by atoms with E-state index >= 15 is 0 Å². The Hall–Kier alpha value is -1.59. The molecule has 5 heteroatoms. The molecular formula is C19H28N4S. The maximum Gasteiger partial charge on any atom is 0.0957 e. The molecule has 2 heterocycles. The second kappa shape index (κ2) is 7.53. The number of nitrogens with one attached hydrogen (secondary N) is 1. The van der Waals surface area contributed by atoms with Crippen molar-refractivity contribution in [3.05, 3.63) is 40.1 Å². The maximum atomic E-state index is 4.81. The Morgan fingerprint density at radius 2 is 2.00 bits per heavy atom. The van der Waals surface area contributed by atoms with E-state index in [0.29, 0.717) is 5.92 Å². The number of piperazine rings is 1. The molecule has 3 rings (SSSR count). The van der Waals surface area contributed by atoms with Crippen LogP contribution in [0.2, 0.25) is 0 Å². The minimum Gasteiger partial charge on any atom is -0.360 e. The molecule has 1 unspecified atom stereocenters. The first kappa shape index (κ1) is 17.2. The SMILES string of the molecule is Cc1cc(C)c(NC2=C(/N=C/N3CCN(C)CC3)C=CCC2C)s1. The molecule has 1 fully saturated rings. The summed E-state index contributed by atoms with van der Waals surface area (Å²) in [4.78, 5) is 10.8. The summed E-state index contributed by atoms with van der Waals surface area (Å²) in [6.45, 7) is 10.9. The van der Waals surface area contributed by atoms with E-state index in [1.54, 1.807) is 0 Å². The Kier molecular flexibility index (Phi) is 5.41. The van der Waals surface area contributed by atoms with Crippen molar-refractivity contribution in [2.45, 2.75) is 27.2 Å². The van der Waals surface area contributed by atoms with E-state index in [1.165, 1.54) is 21.1 Å². The van der Waals surface area contributed by atoms with Gasteiger partial charge in [0.15, 0.2) is 0 Å². The van der Waals surface area contributed by atoms with Crippen LogP contribution in [0.15, 0.2) is 34.6 Å². The largest absolute Gasteiger partial charge is 0.360 e. The van der Waals surface area contributed by atoms with E-state index in [1.807, 2.05) is 17.7 Å². The molecular weight excluding hydrogens is 316 g/mol. The van der Waals surface area contributed by atoms with Crippen molar-refractivity contribution in [2.75, 3.05) is 38.5 Å². The lowest BCUT2D eigenvalue weighted by Gasteiger charge is -2.31. The number of likely N-dealkylation sites (N-methyl/N-ethyl adjacent to an activating group) is 1. The smallest absolute Gasteiger partial charge is 0.0957 e. The highest BCUT2D eigenvalue weighted by atomic mass is 32.1. The van der Waals surface area contributed by atoms with Crippen molar-refractivity contribution < 1.29 is 0 Å². The van der Waals surface area contributed by atoms with Gasteiger partial charge in [-0.3, -0.25) is 0 Å². The highest BCUT2D eigenvalue weighted by molar-refractivity contribution is 7.16. The van der Waals surface area contributed by atoms with Gasteiger partial charge in [0.2, 0.25) is 0 Å². The summed E-state index contributed by atoms with van der Waals surface area (Å²) in [6, 6.07) is 2.24. The highest BCUT2D eigenvalue weighted by Crippen LogP contribution is 2.33. The molecule has 0 bridgehead atoms. The first-order valence-corrected chi connectivity index (χ1v) is 9.56. The standard InChI is InChI=1S/C19H28N4S/c1-14-6-5-7-17(20-13-23-10-8-22(4)9-11-23)18(14)21-19-15(2)12-16(3)24-19/h5,7,12-14,21H,6,8-11H2,1-4H3/b20-13+. The first-order valence-electron chi connectivity index (χ1n) is 8.74. The summed E-state index contributed by atoms with van der Waals surface area (Å²) < 4.78 is 0. The maximum absolute atomic E-state index is 4.81. The quantitative estimate of drug-likeness (QED) is 0.665. The van der Waals surface area contributed by atoms with Crippen molar-refractivity contribution in [2.24, 2.45) is 10.9 Å². The summed E-state index contributed by atoms with van der Waals surface area (Å²) in [6.07, 6.45) is 7.49. The number of aliphatic imine (C=N–C) groups is 1. The molecule has 0 saturated carbocycles. The van der Waals surface area contributed by atoms with Gasteiger partial charge in [0.1, 0.15) is 0 Å². The Balaban J connectivity index is 1.78. The lowest BCUT2D eigenvalue weighted by atomic mass is 9.97. The fraction of sp³-hybridized carbons (Fsp3) is 0.526. The van der Waals surface area contributed by atoms with Gasteiger partial charge in [-0.25, -0.2) is 4.99 Å². The molecule has 4 nitrogen and oxygen atoms in total. The minimum atomic E-state index is 0.469. The minimum absolute atomic E-state index is 0.469.